The molecule has 1 saturated carbocycles. The van der Waals surface area contributed by atoms with Gasteiger partial charge in [-0.05, 0) is 57.4 Å². The van der Waals surface area contributed by atoms with Gasteiger partial charge in [-0.2, -0.15) is 13.2 Å². The van der Waals surface area contributed by atoms with Crippen LogP contribution in [0.2, 0.25) is 0 Å². The van der Waals surface area contributed by atoms with E-state index in [1.165, 1.54) is 12.0 Å². The van der Waals surface area contributed by atoms with Gasteiger partial charge in [-0.25, -0.2) is 0 Å². The fourth-order valence-corrected chi connectivity index (χ4v) is 3.97. The lowest BCUT2D eigenvalue weighted by Crippen LogP contribution is -2.47. The first-order valence-electron chi connectivity index (χ1n) is 8.53. The highest BCUT2D eigenvalue weighted by Gasteiger charge is 2.48. The van der Waals surface area contributed by atoms with Crippen molar-refractivity contribution in [3.8, 4) is 0 Å². The summed E-state index contributed by atoms with van der Waals surface area (Å²) in [6.07, 6.45) is 6.12. The Hall–Kier alpha value is -0.510. The zero-order valence-corrected chi connectivity index (χ0v) is 13.0. The predicted octanol–water partition coefficient (Wildman–Crippen LogP) is 5.22. The summed E-state index contributed by atoms with van der Waals surface area (Å²) in [7, 11) is 0. The molecular formula is C17H28F3N. The fraction of sp³-hybridized carbons (Fsp3) is 0.882. The number of halogens is 3. The van der Waals surface area contributed by atoms with E-state index >= 15 is 0 Å². The second kappa shape index (κ2) is 7.66. The smallest absolute Gasteiger partial charge is 0.310 e. The molecule has 3 atom stereocenters. The van der Waals surface area contributed by atoms with Crippen LogP contribution in [0.1, 0.15) is 64.7 Å². The van der Waals surface area contributed by atoms with Crippen LogP contribution < -0.4 is 5.32 Å². The summed E-state index contributed by atoms with van der Waals surface area (Å²) in [5.74, 6) is -1.39. The first kappa shape index (κ1) is 16.9. The van der Waals surface area contributed by atoms with Crippen molar-refractivity contribution in [3.63, 3.8) is 0 Å². The van der Waals surface area contributed by atoms with E-state index in [2.05, 4.69) is 18.3 Å². The van der Waals surface area contributed by atoms with E-state index in [0.29, 0.717) is 12.8 Å². The first-order chi connectivity index (χ1) is 10.0. The van der Waals surface area contributed by atoms with Gasteiger partial charge in [0.15, 0.2) is 0 Å². The van der Waals surface area contributed by atoms with Crippen LogP contribution in [0.15, 0.2) is 11.6 Å². The predicted molar refractivity (Wildman–Crippen MR) is 80.1 cm³/mol. The van der Waals surface area contributed by atoms with Crippen molar-refractivity contribution in [1.82, 2.24) is 5.32 Å². The minimum atomic E-state index is -4.05. The lowest BCUT2D eigenvalue weighted by Gasteiger charge is -2.40. The Morgan fingerprint density at radius 3 is 2.57 bits per heavy atom. The quantitative estimate of drug-likeness (QED) is 0.686. The van der Waals surface area contributed by atoms with Gasteiger partial charge < -0.3 is 5.32 Å². The van der Waals surface area contributed by atoms with Gasteiger partial charge in [0, 0.05) is 6.04 Å². The number of hydrogen-bond acceptors (Lipinski definition) is 1. The Labute approximate surface area is 126 Å². The molecule has 21 heavy (non-hydrogen) atoms. The molecule has 2 rings (SSSR count). The molecule has 0 aromatic carbocycles. The van der Waals surface area contributed by atoms with Crippen molar-refractivity contribution in [2.24, 2.45) is 11.8 Å². The molecule has 1 N–H and O–H groups in total. The molecule has 0 heterocycles. The minimum absolute atomic E-state index is 0.0582. The molecule has 0 radical (unpaired) electrons. The Morgan fingerprint density at radius 1 is 1.19 bits per heavy atom. The molecule has 3 unspecified atom stereocenters. The number of rotatable bonds is 5. The summed E-state index contributed by atoms with van der Waals surface area (Å²) in [5, 5.41) is 3.44. The van der Waals surface area contributed by atoms with E-state index in [0.717, 1.165) is 45.1 Å². The second-order valence-corrected chi connectivity index (χ2v) is 6.55. The van der Waals surface area contributed by atoms with Crippen molar-refractivity contribution >= 4 is 0 Å². The number of alkyl halides is 3. The van der Waals surface area contributed by atoms with Crippen molar-refractivity contribution < 1.29 is 13.2 Å². The third kappa shape index (κ3) is 4.48. The summed E-state index contributed by atoms with van der Waals surface area (Å²) in [6, 6.07) is -0.0582. The third-order valence-corrected chi connectivity index (χ3v) is 5.01. The number of nitrogens with one attached hydrogen (secondary N) is 1. The van der Waals surface area contributed by atoms with Gasteiger partial charge in [-0.3, -0.25) is 0 Å². The fourth-order valence-electron chi connectivity index (χ4n) is 3.97. The number of hydrogen-bond donors (Lipinski definition) is 1. The van der Waals surface area contributed by atoms with Gasteiger partial charge in [0.1, 0.15) is 0 Å². The molecule has 122 valence electrons. The number of allylic oxidation sites excluding steroid dienone is 1. The summed E-state index contributed by atoms with van der Waals surface area (Å²) in [4.78, 5) is 0. The van der Waals surface area contributed by atoms with Crippen LogP contribution in [-0.4, -0.2) is 18.8 Å². The second-order valence-electron chi connectivity index (χ2n) is 6.55. The maximum Gasteiger partial charge on any atom is 0.392 e. The zero-order valence-electron chi connectivity index (χ0n) is 13.0. The van der Waals surface area contributed by atoms with Crippen LogP contribution in [0.5, 0.6) is 0 Å². The molecule has 1 fully saturated rings. The van der Waals surface area contributed by atoms with E-state index in [9.17, 15) is 13.2 Å². The molecule has 0 saturated heterocycles. The Kier molecular flexibility index (Phi) is 6.15. The van der Waals surface area contributed by atoms with Crippen molar-refractivity contribution in [3.05, 3.63) is 11.6 Å². The average Bonchev–Trinajstić information content (AvgIpc) is 2.48. The Balaban J connectivity index is 2.18. The molecule has 2 aliphatic rings. The van der Waals surface area contributed by atoms with Gasteiger partial charge >= 0.3 is 6.18 Å². The Morgan fingerprint density at radius 2 is 1.95 bits per heavy atom. The maximum absolute atomic E-state index is 13.4. The van der Waals surface area contributed by atoms with Crippen LogP contribution in [-0.2, 0) is 0 Å². The van der Waals surface area contributed by atoms with Gasteiger partial charge in [0.05, 0.1) is 5.92 Å². The van der Waals surface area contributed by atoms with E-state index < -0.39 is 12.1 Å². The summed E-state index contributed by atoms with van der Waals surface area (Å²) in [6.45, 7) is 2.88. The van der Waals surface area contributed by atoms with Crippen molar-refractivity contribution in [2.45, 2.75) is 76.9 Å². The normalized spacial score (nSPS) is 29.0. The highest BCUT2D eigenvalue weighted by atomic mass is 19.4. The van der Waals surface area contributed by atoms with E-state index in [1.54, 1.807) is 0 Å². The van der Waals surface area contributed by atoms with E-state index in [1.807, 2.05) is 0 Å². The lowest BCUT2D eigenvalue weighted by atomic mass is 9.71. The highest BCUT2D eigenvalue weighted by Crippen LogP contribution is 2.44. The van der Waals surface area contributed by atoms with Crippen LogP contribution in [0, 0.1) is 11.8 Å². The molecule has 0 bridgehead atoms. The largest absolute Gasteiger partial charge is 0.392 e. The monoisotopic (exact) mass is 303 g/mol. The molecule has 4 heteroatoms. The van der Waals surface area contributed by atoms with Gasteiger partial charge in [-0.15, -0.1) is 0 Å². The first-order valence-corrected chi connectivity index (χ1v) is 8.53. The summed E-state index contributed by atoms with van der Waals surface area (Å²) < 4.78 is 40.2. The molecule has 2 aliphatic carbocycles. The van der Waals surface area contributed by atoms with Crippen LogP contribution in [0.25, 0.3) is 0 Å². The topological polar surface area (TPSA) is 12.0 Å². The summed E-state index contributed by atoms with van der Waals surface area (Å²) >= 11 is 0. The standard InChI is InChI=1S/C17H28F3N/c1-2-12-21-16(13-8-4-3-5-9-13)14-10-6-7-11-15(14)17(18,19)20/h8,14-16,21H,2-7,9-12H2,1H3. The Bertz CT molecular complexity index is 348. The molecule has 0 aliphatic heterocycles. The molecule has 0 amide bonds. The third-order valence-electron chi connectivity index (χ3n) is 5.01. The molecular weight excluding hydrogens is 275 g/mol. The zero-order chi connectivity index (χ0) is 15.3. The SMILES string of the molecule is CCCNC(C1=CCCCC1)C1CCCCC1C(F)(F)F. The average molecular weight is 303 g/mol. The van der Waals surface area contributed by atoms with Crippen LogP contribution in [0.4, 0.5) is 13.2 Å². The van der Waals surface area contributed by atoms with Gasteiger partial charge in [0.2, 0.25) is 0 Å². The molecule has 1 nitrogen and oxygen atoms in total. The lowest BCUT2D eigenvalue weighted by molar-refractivity contribution is -0.198. The summed E-state index contributed by atoms with van der Waals surface area (Å²) in [5.41, 5.74) is 1.25. The molecule has 0 aromatic heterocycles. The highest BCUT2D eigenvalue weighted by molar-refractivity contribution is 5.16. The molecule has 0 aromatic rings. The van der Waals surface area contributed by atoms with Gasteiger partial charge in [-0.1, -0.05) is 31.4 Å². The minimum Gasteiger partial charge on any atom is -0.310 e. The van der Waals surface area contributed by atoms with Crippen LogP contribution in [0.3, 0.4) is 0 Å². The van der Waals surface area contributed by atoms with Gasteiger partial charge in [0.25, 0.3) is 0 Å². The van der Waals surface area contributed by atoms with E-state index in [-0.39, 0.29) is 12.0 Å². The van der Waals surface area contributed by atoms with E-state index in [4.69, 9.17) is 0 Å². The van der Waals surface area contributed by atoms with Crippen LogP contribution >= 0.6 is 0 Å². The maximum atomic E-state index is 13.4. The van der Waals surface area contributed by atoms with Crippen molar-refractivity contribution in [1.29, 1.82) is 0 Å². The van der Waals surface area contributed by atoms with Crippen molar-refractivity contribution in [2.75, 3.05) is 6.54 Å². The molecule has 0 spiro atoms.